The molecule has 0 aliphatic rings. The van der Waals surface area contributed by atoms with Crippen molar-refractivity contribution >= 4 is 0 Å². The number of rotatable bonds is 3. The third-order valence-corrected chi connectivity index (χ3v) is 2.75. The smallest absolute Gasteiger partial charge is 0.240 e. The van der Waals surface area contributed by atoms with Gasteiger partial charge in [0.1, 0.15) is 5.69 Å². The number of benzene rings is 1. The van der Waals surface area contributed by atoms with Crippen LogP contribution >= 0.6 is 0 Å². The molecule has 0 spiro atoms. The molecular weight excluding hydrogens is 240 g/mol. The molecule has 0 bridgehead atoms. The molecule has 0 aliphatic carbocycles. The Labute approximate surface area is 110 Å². The second kappa shape index (κ2) is 4.89. The third kappa shape index (κ3) is 2.18. The van der Waals surface area contributed by atoms with E-state index in [4.69, 9.17) is 4.74 Å². The van der Waals surface area contributed by atoms with Crippen molar-refractivity contribution in [2.45, 2.75) is 0 Å². The molecule has 0 fully saturated rings. The Morgan fingerprint density at radius 1 is 1.05 bits per heavy atom. The van der Waals surface area contributed by atoms with E-state index in [2.05, 4.69) is 15.1 Å². The number of ether oxygens (including phenoxy) is 1. The molecule has 5 nitrogen and oxygen atoms in total. The van der Waals surface area contributed by atoms with Crippen LogP contribution in [0.2, 0.25) is 0 Å². The van der Waals surface area contributed by atoms with E-state index in [1.165, 1.54) is 0 Å². The molecule has 0 N–H and O–H groups in total. The van der Waals surface area contributed by atoms with E-state index in [-0.39, 0.29) is 0 Å². The number of methoxy groups -OCH3 is 1. The Morgan fingerprint density at radius 2 is 1.95 bits per heavy atom. The normalized spacial score (nSPS) is 10.4. The number of nitrogens with zero attached hydrogens (tertiary/aromatic N) is 4. The van der Waals surface area contributed by atoms with E-state index in [9.17, 15) is 0 Å². The Hall–Kier alpha value is -2.69. The van der Waals surface area contributed by atoms with Crippen molar-refractivity contribution in [3.63, 3.8) is 0 Å². The van der Waals surface area contributed by atoms with Gasteiger partial charge in [0.25, 0.3) is 0 Å². The monoisotopic (exact) mass is 252 g/mol. The quantitative estimate of drug-likeness (QED) is 0.718. The van der Waals surface area contributed by atoms with Gasteiger partial charge in [-0.2, -0.15) is 5.10 Å². The predicted octanol–water partition coefficient (Wildman–Crippen LogP) is 2.34. The summed E-state index contributed by atoms with van der Waals surface area (Å²) in [5.41, 5.74) is 2.63. The molecule has 0 saturated carbocycles. The maximum atomic E-state index is 5.23. The predicted molar refractivity (Wildman–Crippen MR) is 71.1 cm³/mol. The van der Waals surface area contributed by atoms with E-state index in [0.29, 0.717) is 5.88 Å². The summed E-state index contributed by atoms with van der Waals surface area (Å²) in [6.45, 7) is 0. The lowest BCUT2D eigenvalue weighted by molar-refractivity contribution is 0.398. The summed E-state index contributed by atoms with van der Waals surface area (Å²) in [5.74, 6) is 0.514. The van der Waals surface area contributed by atoms with Crippen molar-refractivity contribution in [3.05, 3.63) is 55.1 Å². The lowest BCUT2D eigenvalue weighted by Gasteiger charge is -2.07. The maximum Gasteiger partial charge on any atom is 0.240 e. The molecule has 0 unspecified atom stereocenters. The van der Waals surface area contributed by atoms with Crippen LogP contribution in [0.3, 0.4) is 0 Å². The largest absolute Gasteiger partial charge is 0.479 e. The van der Waals surface area contributed by atoms with Crippen molar-refractivity contribution in [2.75, 3.05) is 7.11 Å². The van der Waals surface area contributed by atoms with Crippen molar-refractivity contribution in [1.82, 2.24) is 19.7 Å². The number of hydrogen-bond donors (Lipinski definition) is 0. The van der Waals surface area contributed by atoms with Crippen LogP contribution in [0.4, 0.5) is 0 Å². The van der Waals surface area contributed by atoms with Crippen LogP contribution in [-0.4, -0.2) is 26.9 Å². The minimum Gasteiger partial charge on any atom is -0.479 e. The summed E-state index contributed by atoms with van der Waals surface area (Å²) in [7, 11) is 1.59. The average molecular weight is 252 g/mol. The topological polar surface area (TPSA) is 52.8 Å². The summed E-state index contributed by atoms with van der Waals surface area (Å²) in [6, 6.07) is 9.80. The molecule has 19 heavy (non-hydrogen) atoms. The summed E-state index contributed by atoms with van der Waals surface area (Å²) >= 11 is 0. The summed E-state index contributed by atoms with van der Waals surface area (Å²) in [6.07, 6.45) is 6.90. The molecule has 2 aromatic heterocycles. The van der Waals surface area contributed by atoms with Crippen molar-refractivity contribution < 1.29 is 4.74 Å². The second-order valence-corrected chi connectivity index (χ2v) is 3.92. The minimum absolute atomic E-state index is 0.514. The van der Waals surface area contributed by atoms with Crippen molar-refractivity contribution in [1.29, 1.82) is 0 Å². The highest BCUT2D eigenvalue weighted by molar-refractivity contribution is 5.66. The molecule has 94 valence electrons. The summed E-state index contributed by atoms with van der Waals surface area (Å²) < 4.78 is 7.03. The highest BCUT2D eigenvalue weighted by atomic mass is 16.5. The lowest BCUT2D eigenvalue weighted by Crippen LogP contribution is -1.97. The number of hydrogen-bond acceptors (Lipinski definition) is 4. The van der Waals surface area contributed by atoms with Gasteiger partial charge in [0, 0.05) is 30.4 Å². The zero-order valence-electron chi connectivity index (χ0n) is 10.4. The average Bonchev–Trinajstić information content (AvgIpc) is 3.01. The third-order valence-electron chi connectivity index (χ3n) is 2.75. The van der Waals surface area contributed by atoms with Crippen molar-refractivity contribution in [2.24, 2.45) is 0 Å². The molecule has 0 atom stereocenters. The van der Waals surface area contributed by atoms with E-state index in [1.54, 1.807) is 30.4 Å². The standard InChI is InChI=1S/C14H12N4O/c1-19-14-13(15-7-8-16-14)11-4-2-5-12(10-11)18-9-3-6-17-18/h2-10H,1H3. The Morgan fingerprint density at radius 3 is 2.74 bits per heavy atom. The van der Waals surface area contributed by atoms with Gasteiger partial charge in [-0.15, -0.1) is 0 Å². The van der Waals surface area contributed by atoms with Crippen LogP contribution in [0.15, 0.2) is 55.1 Å². The fraction of sp³-hybridized carbons (Fsp3) is 0.0714. The van der Waals surface area contributed by atoms with Crippen LogP contribution in [0, 0.1) is 0 Å². The van der Waals surface area contributed by atoms with Crippen LogP contribution in [0.5, 0.6) is 5.88 Å². The fourth-order valence-electron chi connectivity index (χ4n) is 1.89. The molecule has 0 saturated heterocycles. The Balaban J connectivity index is 2.09. The van der Waals surface area contributed by atoms with E-state index in [0.717, 1.165) is 16.9 Å². The first kappa shape index (κ1) is 11.4. The van der Waals surface area contributed by atoms with Gasteiger partial charge in [0.2, 0.25) is 5.88 Å². The van der Waals surface area contributed by atoms with Gasteiger partial charge in [0.15, 0.2) is 0 Å². The molecule has 3 aromatic rings. The molecule has 2 heterocycles. The molecule has 0 aliphatic heterocycles. The van der Waals surface area contributed by atoms with Gasteiger partial charge in [-0.05, 0) is 18.2 Å². The van der Waals surface area contributed by atoms with E-state index in [1.807, 2.05) is 36.5 Å². The minimum atomic E-state index is 0.514. The lowest BCUT2D eigenvalue weighted by atomic mass is 10.1. The Kier molecular flexibility index (Phi) is 2.94. The fourth-order valence-corrected chi connectivity index (χ4v) is 1.89. The summed E-state index contributed by atoms with van der Waals surface area (Å²) in [5, 5.41) is 4.21. The molecule has 0 amide bonds. The van der Waals surface area contributed by atoms with Crippen LogP contribution in [0.25, 0.3) is 16.9 Å². The van der Waals surface area contributed by atoms with Crippen molar-refractivity contribution in [3.8, 4) is 22.8 Å². The van der Waals surface area contributed by atoms with E-state index < -0.39 is 0 Å². The van der Waals surface area contributed by atoms with E-state index >= 15 is 0 Å². The van der Waals surface area contributed by atoms with Crippen LogP contribution in [0.1, 0.15) is 0 Å². The molecule has 1 aromatic carbocycles. The zero-order valence-corrected chi connectivity index (χ0v) is 10.4. The van der Waals surface area contributed by atoms with Crippen LogP contribution < -0.4 is 4.74 Å². The molecule has 5 heteroatoms. The van der Waals surface area contributed by atoms with Gasteiger partial charge in [-0.25, -0.2) is 14.6 Å². The Bertz CT molecular complexity index is 679. The van der Waals surface area contributed by atoms with Gasteiger partial charge < -0.3 is 4.74 Å². The first-order valence-corrected chi connectivity index (χ1v) is 5.84. The first-order valence-electron chi connectivity index (χ1n) is 5.84. The van der Waals surface area contributed by atoms with Gasteiger partial charge in [0.05, 0.1) is 12.8 Å². The highest BCUT2D eigenvalue weighted by Gasteiger charge is 2.09. The van der Waals surface area contributed by atoms with Crippen LogP contribution in [-0.2, 0) is 0 Å². The van der Waals surface area contributed by atoms with Gasteiger partial charge in [-0.1, -0.05) is 12.1 Å². The zero-order chi connectivity index (χ0) is 13.1. The summed E-state index contributed by atoms with van der Waals surface area (Å²) in [4.78, 5) is 8.48. The molecule has 3 rings (SSSR count). The maximum absolute atomic E-state index is 5.23. The molecular formula is C14H12N4O. The SMILES string of the molecule is COc1nccnc1-c1cccc(-n2cccn2)c1. The second-order valence-electron chi connectivity index (χ2n) is 3.92. The number of aromatic nitrogens is 4. The molecule has 0 radical (unpaired) electrons. The first-order chi connectivity index (χ1) is 9.38. The highest BCUT2D eigenvalue weighted by Crippen LogP contribution is 2.26. The van der Waals surface area contributed by atoms with Gasteiger partial charge >= 0.3 is 0 Å². The van der Waals surface area contributed by atoms with Gasteiger partial charge in [-0.3, -0.25) is 0 Å².